The maximum absolute atomic E-state index is 12.3. The summed E-state index contributed by atoms with van der Waals surface area (Å²) in [6.07, 6.45) is 2.71. The molecule has 0 spiro atoms. The molecule has 0 radical (unpaired) electrons. The highest BCUT2D eigenvalue weighted by Gasteiger charge is 2.17. The van der Waals surface area contributed by atoms with Crippen LogP contribution in [-0.2, 0) is 10.0 Å². The highest BCUT2D eigenvalue weighted by Crippen LogP contribution is 2.13. The summed E-state index contributed by atoms with van der Waals surface area (Å²) >= 11 is 0. The summed E-state index contributed by atoms with van der Waals surface area (Å²) < 4.78 is 27.2. The molecule has 0 aliphatic heterocycles. The van der Waals surface area contributed by atoms with Crippen molar-refractivity contribution in [1.29, 1.82) is 0 Å². The van der Waals surface area contributed by atoms with Gasteiger partial charge in [-0.05, 0) is 37.0 Å². The van der Waals surface area contributed by atoms with Crippen molar-refractivity contribution in [3.05, 3.63) is 29.8 Å². The Bertz CT molecular complexity index is 612. The minimum atomic E-state index is -3.58. The Morgan fingerprint density at radius 3 is 2.61 bits per heavy atom. The van der Waals surface area contributed by atoms with Crippen LogP contribution >= 0.6 is 0 Å². The fraction of sp³-hybridized carbons (Fsp3) is 0.588. The van der Waals surface area contributed by atoms with Gasteiger partial charge >= 0.3 is 0 Å². The molecule has 0 saturated heterocycles. The van der Waals surface area contributed by atoms with Crippen LogP contribution in [0.25, 0.3) is 0 Å². The lowest BCUT2D eigenvalue weighted by Gasteiger charge is -2.17. The minimum Gasteiger partial charge on any atom is -0.342 e. The number of unbranched alkanes of at least 4 members (excludes halogenated alkanes) is 1. The van der Waals surface area contributed by atoms with E-state index in [4.69, 9.17) is 0 Å². The second-order valence-corrected chi connectivity index (χ2v) is 7.96. The quantitative estimate of drug-likeness (QED) is 0.751. The van der Waals surface area contributed by atoms with Crippen molar-refractivity contribution in [2.75, 3.05) is 20.1 Å². The van der Waals surface area contributed by atoms with Crippen molar-refractivity contribution in [2.45, 2.75) is 44.9 Å². The van der Waals surface area contributed by atoms with Gasteiger partial charge in [0.2, 0.25) is 10.0 Å². The molecule has 1 amide bonds. The second-order valence-electron chi connectivity index (χ2n) is 6.19. The molecule has 6 heteroatoms. The summed E-state index contributed by atoms with van der Waals surface area (Å²) in [7, 11) is -1.84. The third-order valence-electron chi connectivity index (χ3n) is 3.60. The van der Waals surface area contributed by atoms with Crippen LogP contribution in [0.15, 0.2) is 29.2 Å². The van der Waals surface area contributed by atoms with Gasteiger partial charge in [0.1, 0.15) is 0 Å². The topological polar surface area (TPSA) is 66.5 Å². The Kier molecular flexibility index (Phi) is 7.72. The van der Waals surface area contributed by atoms with E-state index < -0.39 is 10.0 Å². The Labute approximate surface area is 140 Å². The fourth-order valence-electron chi connectivity index (χ4n) is 2.08. The van der Waals surface area contributed by atoms with E-state index in [1.165, 1.54) is 12.1 Å². The van der Waals surface area contributed by atoms with Gasteiger partial charge in [-0.3, -0.25) is 4.79 Å². The molecule has 0 aliphatic carbocycles. The van der Waals surface area contributed by atoms with Gasteiger partial charge in [0.15, 0.2) is 0 Å². The molecule has 1 rings (SSSR count). The van der Waals surface area contributed by atoms with E-state index in [1.54, 1.807) is 24.1 Å². The Morgan fingerprint density at radius 2 is 2.00 bits per heavy atom. The number of hydrogen-bond donors (Lipinski definition) is 1. The second kappa shape index (κ2) is 9.03. The van der Waals surface area contributed by atoms with E-state index >= 15 is 0 Å². The highest BCUT2D eigenvalue weighted by molar-refractivity contribution is 7.89. The average molecular weight is 340 g/mol. The Morgan fingerprint density at radius 1 is 1.30 bits per heavy atom. The predicted octanol–water partition coefficient (Wildman–Crippen LogP) is 2.88. The number of carbonyl (C=O) groups excluding carboxylic acids is 1. The van der Waals surface area contributed by atoms with Gasteiger partial charge < -0.3 is 4.90 Å². The zero-order valence-corrected chi connectivity index (χ0v) is 15.3. The molecule has 0 fully saturated rings. The van der Waals surface area contributed by atoms with E-state index in [9.17, 15) is 13.2 Å². The van der Waals surface area contributed by atoms with Crippen molar-refractivity contribution in [1.82, 2.24) is 9.62 Å². The predicted molar refractivity (Wildman–Crippen MR) is 93.0 cm³/mol. The third kappa shape index (κ3) is 6.31. The van der Waals surface area contributed by atoms with Crippen LogP contribution < -0.4 is 4.72 Å². The summed E-state index contributed by atoms with van der Waals surface area (Å²) in [5.74, 6) is 0.274. The first-order valence-corrected chi connectivity index (χ1v) is 9.61. The van der Waals surface area contributed by atoms with Crippen LogP contribution in [0.2, 0.25) is 0 Å². The molecular weight excluding hydrogens is 312 g/mol. The molecule has 1 aromatic carbocycles. The number of amides is 1. The van der Waals surface area contributed by atoms with Crippen LogP contribution in [-0.4, -0.2) is 39.4 Å². The van der Waals surface area contributed by atoms with Crippen LogP contribution in [0.1, 0.15) is 50.4 Å². The normalized spacial score (nSPS) is 11.7. The molecule has 0 saturated carbocycles. The van der Waals surface area contributed by atoms with Crippen molar-refractivity contribution >= 4 is 15.9 Å². The van der Waals surface area contributed by atoms with E-state index in [0.29, 0.717) is 24.6 Å². The van der Waals surface area contributed by atoms with Crippen molar-refractivity contribution in [3.63, 3.8) is 0 Å². The van der Waals surface area contributed by atoms with E-state index in [0.717, 1.165) is 19.3 Å². The van der Waals surface area contributed by atoms with Crippen LogP contribution in [0.4, 0.5) is 0 Å². The number of benzene rings is 1. The molecule has 0 aliphatic rings. The zero-order chi connectivity index (χ0) is 17.5. The maximum atomic E-state index is 12.3. The largest absolute Gasteiger partial charge is 0.342 e. The summed E-state index contributed by atoms with van der Waals surface area (Å²) in [6, 6.07) is 6.22. The monoisotopic (exact) mass is 340 g/mol. The number of sulfonamides is 1. The molecule has 0 bridgehead atoms. The van der Waals surface area contributed by atoms with Gasteiger partial charge in [-0.1, -0.05) is 33.3 Å². The molecule has 0 heterocycles. The minimum absolute atomic E-state index is 0.135. The van der Waals surface area contributed by atoms with Crippen molar-refractivity contribution < 1.29 is 13.2 Å². The molecule has 1 N–H and O–H groups in total. The zero-order valence-electron chi connectivity index (χ0n) is 14.5. The summed E-state index contributed by atoms with van der Waals surface area (Å²) in [4.78, 5) is 14.1. The number of rotatable bonds is 9. The van der Waals surface area contributed by atoms with Crippen molar-refractivity contribution in [2.24, 2.45) is 5.92 Å². The number of carbonyl (C=O) groups is 1. The third-order valence-corrected chi connectivity index (χ3v) is 5.06. The Hall–Kier alpha value is -1.40. The van der Waals surface area contributed by atoms with Crippen LogP contribution in [0.5, 0.6) is 0 Å². The summed E-state index contributed by atoms with van der Waals surface area (Å²) in [5, 5.41) is 0. The van der Waals surface area contributed by atoms with Gasteiger partial charge in [-0.2, -0.15) is 0 Å². The fourth-order valence-corrected chi connectivity index (χ4v) is 3.17. The molecular formula is C17H28N2O3S. The number of nitrogens with one attached hydrogen (secondary N) is 1. The first-order valence-electron chi connectivity index (χ1n) is 8.13. The number of hydrogen-bond acceptors (Lipinski definition) is 3. The van der Waals surface area contributed by atoms with Gasteiger partial charge in [0.05, 0.1) is 4.90 Å². The molecule has 0 unspecified atom stereocenters. The number of nitrogens with zero attached hydrogens (tertiary/aromatic N) is 1. The van der Waals surface area contributed by atoms with Crippen molar-refractivity contribution in [3.8, 4) is 0 Å². The van der Waals surface area contributed by atoms with Gasteiger partial charge in [0, 0.05) is 25.7 Å². The average Bonchev–Trinajstić information content (AvgIpc) is 2.51. The first-order chi connectivity index (χ1) is 10.8. The molecule has 5 nitrogen and oxygen atoms in total. The van der Waals surface area contributed by atoms with E-state index in [1.807, 2.05) is 13.8 Å². The SMILES string of the molecule is CCCCN(C)C(=O)c1cccc(S(=O)(=O)NCCC(C)C)c1. The van der Waals surface area contributed by atoms with Gasteiger partial charge in [-0.25, -0.2) is 13.1 Å². The van der Waals surface area contributed by atoms with Crippen LogP contribution in [0, 0.1) is 5.92 Å². The Balaban J connectivity index is 2.85. The summed E-state index contributed by atoms with van der Waals surface area (Å²) in [6.45, 7) is 7.21. The van der Waals surface area contributed by atoms with E-state index in [2.05, 4.69) is 11.6 Å². The van der Waals surface area contributed by atoms with Gasteiger partial charge in [-0.15, -0.1) is 0 Å². The van der Waals surface area contributed by atoms with Gasteiger partial charge in [0.25, 0.3) is 5.91 Å². The summed E-state index contributed by atoms with van der Waals surface area (Å²) in [5.41, 5.74) is 0.398. The standard InChI is InChI=1S/C17H28N2O3S/c1-5-6-12-19(4)17(20)15-8-7-9-16(13-15)23(21,22)18-11-10-14(2)3/h7-9,13-14,18H,5-6,10-12H2,1-4H3. The molecule has 0 aromatic heterocycles. The first kappa shape index (κ1) is 19.6. The highest BCUT2D eigenvalue weighted by atomic mass is 32.2. The smallest absolute Gasteiger partial charge is 0.253 e. The molecule has 130 valence electrons. The lowest BCUT2D eigenvalue weighted by molar-refractivity contribution is 0.0793. The maximum Gasteiger partial charge on any atom is 0.253 e. The van der Waals surface area contributed by atoms with Crippen LogP contribution in [0.3, 0.4) is 0 Å². The molecule has 1 aromatic rings. The molecule has 23 heavy (non-hydrogen) atoms. The lowest BCUT2D eigenvalue weighted by Crippen LogP contribution is -2.29. The molecule has 0 atom stereocenters. The lowest BCUT2D eigenvalue weighted by atomic mass is 10.1. The van der Waals surface area contributed by atoms with E-state index in [-0.39, 0.29) is 10.8 Å².